The topological polar surface area (TPSA) is 84.8 Å². The highest BCUT2D eigenvalue weighted by Gasteiger charge is 2.24. The number of piperazine rings is 1. The van der Waals surface area contributed by atoms with E-state index in [1.165, 1.54) is 12.1 Å². The Labute approximate surface area is 227 Å². The molecule has 2 aliphatic rings. The molecule has 4 aromatic rings. The van der Waals surface area contributed by atoms with Gasteiger partial charge < -0.3 is 10.2 Å². The standard InChI is InChI=1S/C29H31F2N5O2S/c30-25-16-21(17-26(31)24(25)19-35-11-13-39(37,38)14-12-35)23-5-2-6-27-29(23)34-28(18-33-27)20-3-1-4-22(15-20)36-9-7-32-8-10-36/h1-6,15-18,32,37-38H,7-14,19H2. The molecule has 0 spiro atoms. The third-order valence-corrected chi connectivity index (χ3v) is 9.17. The molecule has 0 unspecified atom stereocenters. The third-order valence-electron chi connectivity index (χ3n) is 7.50. The first-order valence-corrected chi connectivity index (χ1v) is 15.0. The van der Waals surface area contributed by atoms with Crippen LogP contribution in [0.25, 0.3) is 33.4 Å². The minimum Gasteiger partial charge on any atom is -0.369 e. The van der Waals surface area contributed by atoms with Gasteiger partial charge >= 0.3 is 0 Å². The molecule has 0 saturated carbocycles. The molecular weight excluding hydrogens is 520 g/mol. The maximum Gasteiger partial charge on any atom is 0.131 e. The molecule has 0 atom stereocenters. The molecule has 3 heterocycles. The van der Waals surface area contributed by atoms with E-state index in [4.69, 9.17) is 4.98 Å². The van der Waals surface area contributed by atoms with Crippen molar-refractivity contribution in [2.75, 3.05) is 55.7 Å². The quantitative estimate of drug-likeness (QED) is 0.314. The predicted octanol–water partition coefficient (Wildman–Crippen LogP) is 5.22. The SMILES string of the molecule is OS1(O)CCN(Cc2c(F)cc(-c3cccc4ncc(-c5cccc(N6CCNCC6)c5)nc34)cc2F)CC1. The predicted molar refractivity (Wildman–Crippen MR) is 153 cm³/mol. The van der Waals surface area contributed by atoms with E-state index in [1.54, 1.807) is 12.3 Å². The zero-order valence-corrected chi connectivity index (χ0v) is 22.3. The number of nitrogens with zero attached hydrogens (tertiary/aromatic N) is 4. The van der Waals surface area contributed by atoms with Crippen molar-refractivity contribution in [1.29, 1.82) is 0 Å². The van der Waals surface area contributed by atoms with Crippen LogP contribution in [0.5, 0.6) is 0 Å². The van der Waals surface area contributed by atoms with Gasteiger partial charge in [-0.05, 0) is 35.9 Å². The minimum atomic E-state index is -2.57. The van der Waals surface area contributed by atoms with Gasteiger partial charge in [0.2, 0.25) is 0 Å². The van der Waals surface area contributed by atoms with Gasteiger partial charge in [0.25, 0.3) is 0 Å². The van der Waals surface area contributed by atoms with Gasteiger partial charge in [0.15, 0.2) is 0 Å². The fraction of sp³-hybridized carbons (Fsp3) is 0.310. The van der Waals surface area contributed by atoms with Crippen molar-refractivity contribution in [3.8, 4) is 22.4 Å². The number of aromatic nitrogens is 2. The van der Waals surface area contributed by atoms with E-state index in [0.717, 1.165) is 37.4 Å². The summed E-state index contributed by atoms with van der Waals surface area (Å²) in [6.07, 6.45) is 1.74. The van der Waals surface area contributed by atoms with Crippen molar-refractivity contribution in [2.45, 2.75) is 6.54 Å². The first-order chi connectivity index (χ1) is 18.9. The van der Waals surface area contributed by atoms with Gasteiger partial charge in [-0.15, -0.1) is 0 Å². The second kappa shape index (κ2) is 10.8. The number of rotatable bonds is 5. The molecule has 3 aromatic carbocycles. The minimum absolute atomic E-state index is 0.0196. The van der Waals surface area contributed by atoms with E-state index in [-0.39, 0.29) is 23.6 Å². The molecule has 6 rings (SSSR count). The van der Waals surface area contributed by atoms with Crippen LogP contribution in [0.1, 0.15) is 5.56 Å². The smallest absolute Gasteiger partial charge is 0.131 e. The zero-order valence-electron chi connectivity index (χ0n) is 21.5. The summed E-state index contributed by atoms with van der Waals surface area (Å²) in [6.45, 7) is 4.62. The number of hydrogen-bond acceptors (Lipinski definition) is 7. The molecule has 7 nitrogen and oxygen atoms in total. The fourth-order valence-corrected chi connectivity index (χ4v) is 6.55. The summed E-state index contributed by atoms with van der Waals surface area (Å²) in [5.74, 6) is -0.813. The number of halogens is 2. The van der Waals surface area contributed by atoms with Gasteiger partial charge in [-0.1, -0.05) is 24.3 Å². The van der Waals surface area contributed by atoms with Crippen LogP contribution in [0.4, 0.5) is 14.5 Å². The van der Waals surface area contributed by atoms with E-state index in [9.17, 15) is 9.11 Å². The van der Waals surface area contributed by atoms with Gasteiger partial charge in [0, 0.05) is 68.2 Å². The molecule has 39 heavy (non-hydrogen) atoms. The lowest BCUT2D eigenvalue weighted by Gasteiger charge is -2.41. The number of para-hydroxylation sites is 1. The Hall–Kier alpha value is -3.15. The summed E-state index contributed by atoms with van der Waals surface area (Å²) < 4.78 is 50.2. The normalized spacial score (nSPS) is 18.8. The summed E-state index contributed by atoms with van der Waals surface area (Å²) in [6, 6.07) is 16.4. The van der Waals surface area contributed by atoms with Gasteiger partial charge in [-0.3, -0.25) is 19.0 Å². The van der Waals surface area contributed by atoms with Gasteiger partial charge in [0.1, 0.15) is 11.6 Å². The third kappa shape index (κ3) is 5.61. The Bertz CT molecular complexity index is 1480. The maximum absolute atomic E-state index is 15.3. The van der Waals surface area contributed by atoms with Crippen LogP contribution in [0.2, 0.25) is 0 Å². The zero-order chi connectivity index (χ0) is 27.0. The number of anilines is 1. The molecule has 204 valence electrons. The summed E-state index contributed by atoms with van der Waals surface area (Å²) >= 11 is 0. The van der Waals surface area contributed by atoms with Crippen molar-refractivity contribution >= 4 is 27.3 Å². The second-order valence-electron chi connectivity index (χ2n) is 10.1. The lowest BCUT2D eigenvalue weighted by Crippen LogP contribution is -2.43. The van der Waals surface area contributed by atoms with Crippen molar-refractivity contribution in [3.05, 3.63) is 78.0 Å². The molecule has 0 amide bonds. The van der Waals surface area contributed by atoms with Crippen LogP contribution in [0.3, 0.4) is 0 Å². The average molecular weight is 552 g/mol. The molecule has 2 fully saturated rings. The Morgan fingerprint density at radius 1 is 0.872 bits per heavy atom. The van der Waals surface area contributed by atoms with Crippen molar-refractivity contribution in [3.63, 3.8) is 0 Å². The molecule has 0 radical (unpaired) electrons. The lowest BCUT2D eigenvalue weighted by atomic mass is 10.0. The molecule has 0 aliphatic carbocycles. The van der Waals surface area contributed by atoms with Crippen molar-refractivity contribution in [1.82, 2.24) is 20.2 Å². The Kier molecular flexibility index (Phi) is 7.22. The molecule has 2 aliphatic heterocycles. The van der Waals surface area contributed by atoms with Crippen molar-refractivity contribution < 1.29 is 17.9 Å². The monoisotopic (exact) mass is 551 g/mol. The van der Waals surface area contributed by atoms with Crippen molar-refractivity contribution in [2.24, 2.45) is 0 Å². The summed E-state index contributed by atoms with van der Waals surface area (Å²) in [5, 5.41) is 3.37. The first kappa shape index (κ1) is 26.1. The number of benzene rings is 3. The molecular formula is C29H31F2N5O2S. The summed E-state index contributed by atoms with van der Waals surface area (Å²) in [7, 11) is -2.57. The van der Waals surface area contributed by atoms with Gasteiger partial charge in [0.05, 0.1) is 34.4 Å². The first-order valence-electron chi connectivity index (χ1n) is 13.1. The molecule has 0 bridgehead atoms. The fourth-order valence-electron chi connectivity index (χ4n) is 5.25. The number of fused-ring (bicyclic) bond motifs is 1. The highest BCUT2D eigenvalue weighted by molar-refractivity contribution is 8.24. The van der Waals surface area contributed by atoms with Gasteiger partial charge in [-0.25, -0.2) is 13.8 Å². The Morgan fingerprint density at radius 2 is 1.59 bits per heavy atom. The second-order valence-corrected chi connectivity index (χ2v) is 12.5. The van der Waals surface area contributed by atoms with Gasteiger partial charge in [-0.2, -0.15) is 10.6 Å². The van der Waals surface area contributed by atoms with Crippen LogP contribution < -0.4 is 10.2 Å². The Balaban J connectivity index is 1.32. The summed E-state index contributed by atoms with van der Waals surface area (Å²) in [5.41, 5.74) is 4.96. The average Bonchev–Trinajstić information content (AvgIpc) is 2.95. The Morgan fingerprint density at radius 3 is 2.33 bits per heavy atom. The molecule has 3 N–H and O–H groups in total. The highest BCUT2D eigenvalue weighted by atomic mass is 32.3. The molecule has 1 aromatic heterocycles. The van der Waals surface area contributed by atoms with E-state index in [1.807, 2.05) is 29.2 Å². The number of hydrogen-bond donors (Lipinski definition) is 3. The molecule has 10 heteroatoms. The maximum atomic E-state index is 15.3. The van der Waals surface area contributed by atoms with Crippen LogP contribution in [-0.4, -0.2) is 74.7 Å². The van der Waals surface area contributed by atoms with E-state index in [2.05, 4.69) is 27.3 Å². The summed E-state index contributed by atoms with van der Waals surface area (Å²) in [4.78, 5) is 13.7. The van der Waals surface area contributed by atoms with Crippen LogP contribution in [0.15, 0.2) is 60.8 Å². The highest BCUT2D eigenvalue weighted by Crippen LogP contribution is 2.41. The van der Waals surface area contributed by atoms with Crippen LogP contribution in [-0.2, 0) is 6.54 Å². The van der Waals surface area contributed by atoms with Crippen LogP contribution >= 0.6 is 10.6 Å². The largest absolute Gasteiger partial charge is 0.369 e. The van der Waals surface area contributed by atoms with E-state index in [0.29, 0.717) is 40.9 Å². The number of nitrogens with one attached hydrogen (secondary N) is 1. The molecule has 2 saturated heterocycles. The van der Waals surface area contributed by atoms with E-state index >= 15 is 8.78 Å². The van der Waals surface area contributed by atoms with E-state index < -0.39 is 22.2 Å². The van der Waals surface area contributed by atoms with Crippen LogP contribution in [0, 0.1) is 11.6 Å². The lowest BCUT2D eigenvalue weighted by molar-refractivity contribution is 0.270.